The Kier molecular flexibility index (Phi) is 8.94. The van der Waals surface area contributed by atoms with Gasteiger partial charge in [0.05, 0.1) is 30.3 Å². The lowest BCUT2D eigenvalue weighted by Crippen LogP contribution is -2.40. The molecule has 2 heterocycles. The molecule has 0 bridgehead atoms. The van der Waals surface area contributed by atoms with E-state index in [4.69, 9.17) is 17.0 Å². The van der Waals surface area contributed by atoms with Crippen LogP contribution in [-0.2, 0) is 33.4 Å². The fourth-order valence-corrected chi connectivity index (χ4v) is 6.13. The van der Waals surface area contributed by atoms with Gasteiger partial charge in [-0.25, -0.2) is 17.8 Å². The maximum atomic E-state index is 13.4. The zero-order chi connectivity index (χ0) is 26.4. The third-order valence-corrected chi connectivity index (χ3v) is 8.07. The first-order chi connectivity index (χ1) is 17.7. The molecule has 2 aromatic carbocycles. The molecule has 198 valence electrons. The lowest BCUT2D eigenvalue weighted by Gasteiger charge is -2.29. The number of imidazole rings is 1. The van der Waals surface area contributed by atoms with Crippen molar-refractivity contribution in [1.29, 1.82) is 0 Å². The molecule has 7 nitrogen and oxygen atoms in total. The number of benzene rings is 2. The molecule has 1 saturated heterocycles. The third-order valence-electron chi connectivity index (χ3n) is 6.11. The van der Waals surface area contributed by atoms with E-state index < -0.39 is 9.84 Å². The molecule has 1 fully saturated rings. The number of hydrogen-bond donors (Lipinski definition) is 1. The summed E-state index contributed by atoms with van der Waals surface area (Å²) < 4.78 is 47.8. The largest absolute Gasteiger partial charge is 0.376 e. The molecule has 0 aliphatic carbocycles. The quantitative estimate of drug-likeness (QED) is 0.359. The average molecular weight is 545 g/mol. The van der Waals surface area contributed by atoms with E-state index in [1.54, 1.807) is 35.0 Å². The van der Waals surface area contributed by atoms with Gasteiger partial charge in [-0.15, -0.1) is 0 Å². The lowest BCUT2D eigenvalue weighted by molar-refractivity contribution is 0.0900. The zero-order valence-electron chi connectivity index (χ0n) is 21.1. The van der Waals surface area contributed by atoms with Crippen LogP contribution in [0.2, 0.25) is 0 Å². The second-order valence-electron chi connectivity index (χ2n) is 9.73. The Bertz CT molecular complexity index is 1290. The Labute approximate surface area is 223 Å². The fourth-order valence-electron chi connectivity index (χ4n) is 4.37. The van der Waals surface area contributed by atoms with E-state index in [0.29, 0.717) is 42.6 Å². The summed E-state index contributed by atoms with van der Waals surface area (Å²) in [7, 11) is -3.68. The van der Waals surface area contributed by atoms with Crippen LogP contribution in [-0.4, -0.2) is 47.2 Å². The van der Waals surface area contributed by atoms with E-state index in [1.807, 2.05) is 36.9 Å². The molecule has 1 aliphatic rings. The molecular formula is C27H33FN4O3S2. The predicted octanol–water partition coefficient (Wildman–Crippen LogP) is 5.03. The first-order valence-electron chi connectivity index (χ1n) is 12.5. The summed E-state index contributed by atoms with van der Waals surface area (Å²) in [4.78, 5) is 6.36. The molecule has 1 N–H and O–H groups in total. The second kappa shape index (κ2) is 12.1. The molecule has 0 saturated carbocycles. The number of nitrogens with zero attached hydrogens (tertiary/aromatic N) is 3. The van der Waals surface area contributed by atoms with Crippen LogP contribution in [0.5, 0.6) is 0 Å². The van der Waals surface area contributed by atoms with Gasteiger partial charge >= 0.3 is 0 Å². The average Bonchev–Trinajstić information content (AvgIpc) is 3.51. The predicted molar refractivity (Wildman–Crippen MR) is 146 cm³/mol. The fraction of sp³-hybridized carbons (Fsp3) is 0.407. The van der Waals surface area contributed by atoms with Crippen molar-refractivity contribution in [2.75, 3.05) is 18.5 Å². The number of halogens is 1. The minimum absolute atomic E-state index is 0.0238. The van der Waals surface area contributed by atoms with Crippen molar-refractivity contribution in [3.05, 3.63) is 77.9 Å². The molecule has 3 aromatic rings. The first-order valence-corrected chi connectivity index (χ1v) is 14.5. The van der Waals surface area contributed by atoms with Crippen molar-refractivity contribution >= 4 is 32.9 Å². The van der Waals surface area contributed by atoms with E-state index in [0.717, 1.165) is 18.5 Å². The molecule has 0 amide bonds. The van der Waals surface area contributed by atoms with Crippen LogP contribution in [0.1, 0.15) is 37.9 Å². The topological polar surface area (TPSA) is 76.5 Å². The number of hydrogen-bond acceptors (Lipinski definition) is 5. The Balaban J connectivity index is 1.61. The summed E-state index contributed by atoms with van der Waals surface area (Å²) in [5.41, 5.74) is 2.14. The minimum Gasteiger partial charge on any atom is -0.376 e. The van der Waals surface area contributed by atoms with Gasteiger partial charge in [-0.05, 0) is 60.8 Å². The lowest BCUT2D eigenvalue weighted by atomic mass is 10.2. The zero-order valence-corrected chi connectivity index (χ0v) is 22.8. The van der Waals surface area contributed by atoms with Crippen LogP contribution in [0.15, 0.2) is 66.0 Å². The van der Waals surface area contributed by atoms with Gasteiger partial charge in [-0.2, -0.15) is 0 Å². The van der Waals surface area contributed by atoms with Gasteiger partial charge < -0.3 is 19.5 Å². The van der Waals surface area contributed by atoms with Crippen LogP contribution in [0.3, 0.4) is 0 Å². The van der Waals surface area contributed by atoms with Crippen LogP contribution >= 0.6 is 12.2 Å². The van der Waals surface area contributed by atoms with E-state index in [1.165, 1.54) is 12.1 Å². The Hall–Kier alpha value is -2.82. The highest BCUT2D eigenvalue weighted by Gasteiger charge is 2.27. The summed E-state index contributed by atoms with van der Waals surface area (Å²) in [6.45, 7) is 6.21. The van der Waals surface area contributed by atoms with E-state index in [-0.39, 0.29) is 28.7 Å². The Morgan fingerprint density at radius 3 is 2.59 bits per heavy atom. The number of anilines is 1. The van der Waals surface area contributed by atoms with Gasteiger partial charge in [-0.1, -0.05) is 44.2 Å². The molecule has 10 heteroatoms. The normalized spacial score (nSPS) is 15.7. The highest BCUT2D eigenvalue weighted by molar-refractivity contribution is 7.90. The highest BCUT2D eigenvalue weighted by Crippen LogP contribution is 2.22. The van der Waals surface area contributed by atoms with Gasteiger partial charge in [0.2, 0.25) is 15.0 Å². The minimum atomic E-state index is -3.68. The number of rotatable bonds is 10. The maximum Gasteiger partial charge on any atom is 0.228 e. The van der Waals surface area contributed by atoms with Crippen molar-refractivity contribution in [2.24, 2.45) is 5.92 Å². The van der Waals surface area contributed by atoms with Crippen molar-refractivity contribution < 1.29 is 17.5 Å². The van der Waals surface area contributed by atoms with Gasteiger partial charge in [0, 0.05) is 25.4 Å². The molecule has 1 unspecified atom stereocenters. The van der Waals surface area contributed by atoms with Crippen molar-refractivity contribution in [1.82, 2.24) is 14.5 Å². The third kappa shape index (κ3) is 7.37. The summed E-state index contributed by atoms with van der Waals surface area (Å²) in [5.74, 6) is -0.240. The maximum absolute atomic E-state index is 13.4. The Morgan fingerprint density at radius 1 is 1.22 bits per heavy atom. The Morgan fingerprint density at radius 2 is 1.95 bits per heavy atom. The molecule has 1 atom stereocenters. The van der Waals surface area contributed by atoms with Gasteiger partial charge in [0.1, 0.15) is 5.82 Å². The summed E-state index contributed by atoms with van der Waals surface area (Å²) in [5, 5.41) is 3.70. The van der Waals surface area contributed by atoms with Crippen molar-refractivity contribution in [2.45, 2.75) is 56.8 Å². The molecule has 37 heavy (non-hydrogen) atoms. The van der Waals surface area contributed by atoms with Gasteiger partial charge in [0.25, 0.3) is 0 Å². The van der Waals surface area contributed by atoms with Crippen LogP contribution in [0.25, 0.3) is 0 Å². The van der Waals surface area contributed by atoms with E-state index in [2.05, 4.69) is 10.3 Å². The number of ether oxygens (including phenoxy) is 1. The van der Waals surface area contributed by atoms with Crippen LogP contribution in [0.4, 0.5) is 10.1 Å². The number of nitrogens with one attached hydrogen (secondary N) is 1. The van der Waals surface area contributed by atoms with Gasteiger partial charge in [0.15, 0.2) is 5.11 Å². The highest BCUT2D eigenvalue weighted by atomic mass is 32.2. The summed E-state index contributed by atoms with van der Waals surface area (Å²) in [6.07, 6.45) is 3.57. The second-order valence-corrected chi connectivity index (χ2v) is 12.0. The monoisotopic (exact) mass is 544 g/mol. The molecule has 4 rings (SSSR count). The molecule has 0 spiro atoms. The molecule has 1 aliphatic heterocycles. The first kappa shape index (κ1) is 27.2. The number of thiocarbonyl (C=S) groups is 1. The standard InChI is InChI=1S/C27H33FN4O3S2/c1-20(2)16-32-24(15-29-27(32)37(33,34)19-21-7-4-3-5-8-21)17-31(18-25-9-6-14-35-25)26(36)30-23-12-10-22(28)11-13-23/h3-5,7-8,10-13,15,20,25H,6,9,14,16-19H2,1-2H3,(H,30,36). The van der Waals surface area contributed by atoms with Crippen molar-refractivity contribution in [3.8, 4) is 0 Å². The van der Waals surface area contributed by atoms with E-state index in [9.17, 15) is 12.8 Å². The van der Waals surface area contributed by atoms with Crippen LogP contribution < -0.4 is 5.32 Å². The summed E-state index contributed by atoms with van der Waals surface area (Å²) >= 11 is 5.74. The molecular weight excluding hydrogens is 511 g/mol. The SMILES string of the molecule is CC(C)Cn1c(CN(CC2CCCO2)C(=S)Nc2ccc(F)cc2)cnc1S(=O)(=O)Cc1ccccc1. The smallest absolute Gasteiger partial charge is 0.228 e. The van der Waals surface area contributed by atoms with Crippen molar-refractivity contribution in [3.63, 3.8) is 0 Å². The van der Waals surface area contributed by atoms with Crippen LogP contribution in [0, 0.1) is 11.7 Å². The molecule has 1 aromatic heterocycles. The number of aromatic nitrogens is 2. The molecule has 0 radical (unpaired) electrons. The summed E-state index contributed by atoms with van der Waals surface area (Å²) in [6, 6.07) is 15.1. The van der Waals surface area contributed by atoms with E-state index >= 15 is 0 Å². The number of sulfone groups is 1. The van der Waals surface area contributed by atoms with Gasteiger partial charge in [-0.3, -0.25) is 0 Å².